The van der Waals surface area contributed by atoms with Gasteiger partial charge in [0.05, 0.1) is 11.6 Å². The number of fused-ring (bicyclic) bond motifs is 1. The largest absolute Gasteiger partial charge is 0.326 e. The van der Waals surface area contributed by atoms with Gasteiger partial charge in [-0.25, -0.2) is 0 Å². The number of aryl methyl sites for hydroxylation is 1. The maximum absolute atomic E-state index is 12.8. The molecular weight excluding hydrogens is 316 g/mol. The second kappa shape index (κ2) is 6.35. The van der Waals surface area contributed by atoms with E-state index >= 15 is 0 Å². The van der Waals surface area contributed by atoms with Crippen LogP contribution in [0.2, 0.25) is 0 Å². The van der Waals surface area contributed by atoms with Crippen molar-refractivity contribution in [3.8, 4) is 0 Å². The predicted octanol–water partition coefficient (Wildman–Crippen LogP) is 3.07. The van der Waals surface area contributed by atoms with Crippen LogP contribution in [-0.4, -0.2) is 21.6 Å². The van der Waals surface area contributed by atoms with E-state index in [-0.39, 0.29) is 23.7 Å². The van der Waals surface area contributed by atoms with Crippen LogP contribution >= 0.6 is 0 Å². The molecule has 2 heterocycles. The standard InChI is InChI=1S/C19H24N4O2/c1-19(2,3)11-12-9-16(23(4)22-12)21-18(25)14-10-17(24)20-15-8-6-5-7-13(14)15/h5-9,14H,10-11H2,1-4H3,(H,20,24)(H,21,25)/t14-/m0/s1. The Labute approximate surface area is 147 Å². The van der Waals surface area contributed by atoms with Crippen LogP contribution in [0, 0.1) is 5.41 Å². The van der Waals surface area contributed by atoms with E-state index in [4.69, 9.17) is 0 Å². The second-order valence-corrected chi connectivity index (χ2v) is 7.76. The number of para-hydroxylation sites is 1. The number of aromatic nitrogens is 2. The molecule has 0 saturated carbocycles. The van der Waals surface area contributed by atoms with Gasteiger partial charge < -0.3 is 10.6 Å². The van der Waals surface area contributed by atoms with Gasteiger partial charge in [-0.1, -0.05) is 39.0 Å². The summed E-state index contributed by atoms with van der Waals surface area (Å²) in [6, 6.07) is 9.32. The number of hydrogen-bond donors (Lipinski definition) is 2. The number of nitrogens with zero attached hydrogens (tertiary/aromatic N) is 2. The predicted molar refractivity (Wildman–Crippen MR) is 97.4 cm³/mol. The first-order valence-corrected chi connectivity index (χ1v) is 8.45. The number of carbonyl (C=O) groups is 2. The number of rotatable bonds is 3. The summed E-state index contributed by atoms with van der Waals surface area (Å²) in [5.74, 6) is -0.177. The molecule has 3 rings (SSSR count). The van der Waals surface area contributed by atoms with Gasteiger partial charge in [0.15, 0.2) is 0 Å². The summed E-state index contributed by atoms with van der Waals surface area (Å²) in [5.41, 5.74) is 2.61. The summed E-state index contributed by atoms with van der Waals surface area (Å²) in [6.07, 6.45) is 0.973. The van der Waals surface area contributed by atoms with E-state index in [2.05, 4.69) is 36.5 Å². The molecule has 2 amide bonds. The van der Waals surface area contributed by atoms with Crippen LogP contribution in [-0.2, 0) is 23.1 Å². The first kappa shape index (κ1) is 17.2. The molecule has 1 atom stereocenters. The van der Waals surface area contributed by atoms with Crippen molar-refractivity contribution in [2.45, 2.75) is 39.5 Å². The molecule has 0 saturated heterocycles. The molecule has 1 aromatic heterocycles. The van der Waals surface area contributed by atoms with Gasteiger partial charge in [0, 0.05) is 25.2 Å². The number of hydrogen-bond acceptors (Lipinski definition) is 3. The van der Waals surface area contributed by atoms with E-state index in [1.54, 1.807) is 4.68 Å². The van der Waals surface area contributed by atoms with E-state index in [9.17, 15) is 9.59 Å². The van der Waals surface area contributed by atoms with Crippen molar-refractivity contribution in [2.24, 2.45) is 12.5 Å². The zero-order chi connectivity index (χ0) is 18.2. The average Bonchev–Trinajstić information content (AvgIpc) is 2.83. The van der Waals surface area contributed by atoms with Gasteiger partial charge in [-0.3, -0.25) is 14.3 Å². The fourth-order valence-electron chi connectivity index (χ4n) is 3.13. The van der Waals surface area contributed by atoms with Gasteiger partial charge in [0.25, 0.3) is 0 Å². The molecule has 0 aliphatic carbocycles. The Kier molecular flexibility index (Phi) is 4.37. The van der Waals surface area contributed by atoms with Crippen molar-refractivity contribution in [2.75, 3.05) is 10.6 Å². The highest BCUT2D eigenvalue weighted by Crippen LogP contribution is 2.33. The topological polar surface area (TPSA) is 76.0 Å². The van der Waals surface area contributed by atoms with E-state index in [0.29, 0.717) is 11.5 Å². The summed E-state index contributed by atoms with van der Waals surface area (Å²) in [4.78, 5) is 24.7. The van der Waals surface area contributed by atoms with Gasteiger partial charge in [-0.15, -0.1) is 0 Å². The lowest BCUT2D eigenvalue weighted by molar-refractivity contribution is -0.123. The maximum Gasteiger partial charge on any atom is 0.233 e. The van der Waals surface area contributed by atoms with Crippen molar-refractivity contribution in [1.29, 1.82) is 0 Å². The normalized spacial score (nSPS) is 17.0. The molecule has 6 heteroatoms. The third-order valence-corrected chi connectivity index (χ3v) is 4.21. The molecule has 0 bridgehead atoms. The van der Waals surface area contributed by atoms with Crippen molar-refractivity contribution in [3.63, 3.8) is 0 Å². The van der Waals surface area contributed by atoms with Crippen LogP contribution in [0.4, 0.5) is 11.5 Å². The molecule has 0 spiro atoms. The van der Waals surface area contributed by atoms with Crippen molar-refractivity contribution in [3.05, 3.63) is 41.6 Å². The van der Waals surface area contributed by atoms with E-state index in [1.165, 1.54) is 0 Å². The highest BCUT2D eigenvalue weighted by atomic mass is 16.2. The van der Waals surface area contributed by atoms with Crippen LogP contribution in [0.1, 0.15) is 44.4 Å². The first-order valence-electron chi connectivity index (χ1n) is 8.45. The number of benzene rings is 1. The molecule has 1 aliphatic rings. The second-order valence-electron chi connectivity index (χ2n) is 7.76. The van der Waals surface area contributed by atoms with Crippen LogP contribution in [0.3, 0.4) is 0 Å². The SMILES string of the molecule is Cn1nc(CC(C)(C)C)cc1NC(=O)[C@H]1CC(=O)Nc2ccccc21. The Morgan fingerprint density at radius 3 is 2.80 bits per heavy atom. The minimum Gasteiger partial charge on any atom is -0.326 e. The van der Waals surface area contributed by atoms with Crippen LogP contribution in [0.15, 0.2) is 30.3 Å². The zero-order valence-electron chi connectivity index (χ0n) is 15.1. The number of anilines is 2. The molecule has 2 aromatic rings. The number of carbonyl (C=O) groups excluding carboxylic acids is 2. The summed E-state index contributed by atoms with van der Waals surface area (Å²) in [5, 5.41) is 10.2. The third kappa shape index (κ3) is 3.90. The smallest absolute Gasteiger partial charge is 0.233 e. The van der Waals surface area contributed by atoms with Crippen LogP contribution in [0.5, 0.6) is 0 Å². The monoisotopic (exact) mass is 340 g/mol. The first-order chi connectivity index (χ1) is 11.7. The summed E-state index contributed by atoms with van der Waals surface area (Å²) >= 11 is 0. The Morgan fingerprint density at radius 1 is 1.36 bits per heavy atom. The highest BCUT2D eigenvalue weighted by Gasteiger charge is 2.31. The number of nitrogens with one attached hydrogen (secondary N) is 2. The molecule has 25 heavy (non-hydrogen) atoms. The Morgan fingerprint density at radius 2 is 2.08 bits per heavy atom. The highest BCUT2D eigenvalue weighted by molar-refractivity contribution is 6.04. The molecule has 2 N–H and O–H groups in total. The van der Waals surface area contributed by atoms with E-state index in [1.807, 2.05) is 37.4 Å². The Balaban J connectivity index is 1.80. The minimum absolute atomic E-state index is 0.121. The fourth-order valence-corrected chi connectivity index (χ4v) is 3.13. The Bertz CT molecular complexity index is 817. The molecular formula is C19H24N4O2. The summed E-state index contributed by atoms with van der Waals surface area (Å²) in [6.45, 7) is 6.45. The molecule has 132 valence electrons. The molecule has 0 fully saturated rings. The third-order valence-electron chi connectivity index (χ3n) is 4.21. The summed E-state index contributed by atoms with van der Waals surface area (Å²) in [7, 11) is 1.81. The van der Waals surface area contributed by atoms with Gasteiger partial charge in [0.2, 0.25) is 11.8 Å². The molecule has 0 radical (unpaired) electrons. The quantitative estimate of drug-likeness (QED) is 0.901. The van der Waals surface area contributed by atoms with Gasteiger partial charge in [-0.05, 0) is 23.5 Å². The number of amides is 2. The lowest BCUT2D eigenvalue weighted by Crippen LogP contribution is -2.31. The molecule has 1 aliphatic heterocycles. The van der Waals surface area contributed by atoms with Crippen molar-refractivity contribution < 1.29 is 9.59 Å². The minimum atomic E-state index is -0.495. The maximum atomic E-state index is 12.8. The van der Waals surface area contributed by atoms with Gasteiger partial charge in [-0.2, -0.15) is 5.10 Å². The molecule has 0 unspecified atom stereocenters. The van der Waals surface area contributed by atoms with Gasteiger partial charge in [0.1, 0.15) is 5.82 Å². The zero-order valence-corrected chi connectivity index (χ0v) is 15.1. The fraction of sp³-hybridized carbons (Fsp3) is 0.421. The molecule has 1 aromatic carbocycles. The van der Waals surface area contributed by atoms with E-state index < -0.39 is 5.92 Å². The van der Waals surface area contributed by atoms with Gasteiger partial charge >= 0.3 is 0 Å². The molecule has 6 nitrogen and oxygen atoms in total. The van der Waals surface area contributed by atoms with Crippen molar-refractivity contribution >= 4 is 23.3 Å². The lowest BCUT2D eigenvalue weighted by atomic mass is 9.89. The van der Waals surface area contributed by atoms with Crippen molar-refractivity contribution in [1.82, 2.24) is 9.78 Å². The van der Waals surface area contributed by atoms with Crippen LogP contribution < -0.4 is 10.6 Å². The lowest BCUT2D eigenvalue weighted by Gasteiger charge is -2.24. The Hall–Kier alpha value is -2.63. The van der Waals surface area contributed by atoms with Crippen LogP contribution in [0.25, 0.3) is 0 Å². The van der Waals surface area contributed by atoms with E-state index in [0.717, 1.165) is 17.7 Å². The average molecular weight is 340 g/mol. The summed E-state index contributed by atoms with van der Waals surface area (Å²) < 4.78 is 1.67.